The Morgan fingerprint density at radius 3 is 1.86 bits per heavy atom. The number of rotatable bonds is 18. The Morgan fingerprint density at radius 2 is 1.31 bits per heavy atom. The summed E-state index contributed by atoms with van der Waals surface area (Å²) in [5.74, 6) is -1.98. The van der Waals surface area contributed by atoms with Crippen molar-refractivity contribution in [2.75, 3.05) is 59.4 Å². The third kappa shape index (κ3) is 11.2. The molecule has 0 bridgehead atoms. The quantitative estimate of drug-likeness (QED) is 0.172. The fourth-order valence-electron chi connectivity index (χ4n) is 2.77. The summed E-state index contributed by atoms with van der Waals surface area (Å²) in [6, 6.07) is 6.33. The molecule has 0 radical (unpaired) electrons. The summed E-state index contributed by atoms with van der Waals surface area (Å²) in [6.45, 7) is 2.85. The van der Waals surface area contributed by atoms with Gasteiger partial charge >= 0.3 is 5.97 Å². The molecule has 1 aliphatic heterocycles. The third-order valence-corrected chi connectivity index (χ3v) is 4.61. The van der Waals surface area contributed by atoms with Gasteiger partial charge in [0.15, 0.2) is 0 Å². The maximum Gasteiger partial charge on any atom is 0.335 e. The van der Waals surface area contributed by atoms with E-state index in [-0.39, 0.29) is 38.4 Å². The maximum atomic E-state index is 11.9. The van der Waals surface area contributed by atoms with Crippen LogP contribution in [0.4, 0.5) is 0 Å². The van der Waals surface area contributed by atoms with E-state index in [0.29, 0.717) is 62.4 Å². The Morgan fingerprint density at radius 1 is 0.800 bits per heavy atom. The monoisotopic (exact) mass is 494 g/mol. The average molecular weight is 494 g/mol. The van der Waals surface area contributed by atoms with Gasteiger partial charge in [0.2, 0.25) is 0 Å². The number of hydrogen-bond donors (Lipinski definition) is 1. The Labute approximate surface area is 202 Å². The van der Waals surface area contributed by atoms with Crippen LogP contribution in [0.3, 0.4) is 0 Å². The number of hydrogen-bond acceptors (Lipinski definition) is 10. The molecule has 1 aromatic carbocycles. The first-order chi connectivity index (χ1) is 17.0. The van der Waals surface area contributed by atoms with Crippen molar-refractivity contribution in [3.8, 4) is 0 Å². The molecule has 1 heterocycles. The Bertz CT molecular complexity index is 827. The molecule has 0 aliphatic carbocycles. The topological polar surface area (TPSA) is 147 Å². The number of nitrogens with zero attached hydrogens (tertiary/aromatic N) is 1. The van der Waals surface area contributed by atoms with Gasteiger partial charge < -0.3 is 29.1 Å². The smallest absolute Gasteiger partial charge is 0.335 e. The van der Waals surface area contributed by atoms with Gasteiger partial charge in [0.05, 0.1) is 59.3 Å². The molecule has 1 saturated heterocycles. The second-order valence-corrected chi connectivity index (χ2v) is 7.24. The molecule has 0 unspecified atom stereocenters. The van der Waals surface area contributed by atoms with Crippen LogP contribution in [0.25, 0.3) is 0 Å². The van der Waals surface area contributed by atoms with Gasteiger partial charge in [-0.25, -0.2) is 4.79 Å². The van der Waals surface area contributed by atoms with Crippen molar-refractivity contribution in [3.05, 3.63) is 35.4 Å². The first kappa shape index (κ1) is 28.1. The summed E-state index contributed by atoms with van der Waals surface area (Å²) in [5.41, 5.74) is 0.983. The van der Waals surface area contributed by atoms with Crippen molar-refractivity contribution in [1.82, 2.24) is 10.4 Å². The second kappa shape index (κ2) is 16.4. The molecule has 1 aliphatic rings. The first-order valence-electron chi connectivity index (χ1n) is 11.2. The lowest BCUT2D eigenvalue weighted by molar-refractivity contribution is -0.198. The molecule has 12 nitrogen and oxygen atoms in total. The van der Waals surface area contributed by atoms with Crippen LogP contribution >= 0.6 is 0 Å². The van der Waals surface area contributed by atoms with Crippen LogP contribution in [-0.2, 0) is 38.2 Å². The van der Waals surface area contributed by atoms with E-state index in [0.717, 1.165) is 6.29 Å². The highest BCUT2D eigenvalue weighted by atomic mass is 16.7. The van der Waals surface area contributed by atoms with Crippen molar-refractivity contribution >= 4 is 30.0 Å². The molecule has 2 rings (SSSR count). The number of nitrogens with one attached hydrogen (secondary N) is 1. The predicted molar refractivity (Wildman–Crippen MR) is 119 cm³/mol. The van der Waals surface area contributed by atoms with E-state index < -0.39 is 17.8 Å². The van der Waals surface area contributed by atoms with E-state index in [4.69, 9.17) is 23.8 Å². The molecule has 0 aromatic heterocycles. The van der Waals surface area contributed by atoms with Gasteiger partial charge in [-0.2, -0.15) is 0 Å². The summed E-state index contributed by atoms with van der Waals surface area (Å²) >= 11 is 0. The molecule has 192 valence electrons. The lowest BCUT2D eigenvalue weighted by Gasteiger charge is -2.12. The van der Waals surface area contributed by atoms with E-state index in [1.165, 1.54) is 0 Å². The van der Waals surface area contributed by atoms with Crippen molar-refractivity contribution in [2.24, 2.45) is 0 Å². The summed E-state index contributed by atoms with van der Waals surface area (Å²) in [6.07, 6.45) is 0.740. The standard InChI is InChI=1S/C23H30N2O10/c26-17-18-1-3-19(4-2-18)23(30)24-8-10-32-12-14-34-16-15-33-13-11-31-9-7-22(29)35-25-20(27)5-6-21(25)28/h1-4,17H,5-16H2,(H,24,30). The van der Waals surface area contributed by atoms with Crippen LogP contribution in [0, 0.1) is 0 Å². The SMILES string of the molecule is O=Cc1ccc(C(=O)NCCOCCOCCOCCOCCC(=O)ON2C(=O)CCC2=O)cc1. The normalized spacial score (nSPS) is 13.2. The number of benzene rings is 1. The molecule has 1 aromatic rings. The summed E-state index contributed by atoms with van der Waals surface area (Å²) in [5, 5.41) is 3.23. The third-order valence-electron chi connectivity index (χ3n) is 4.61. The molecule has 1 N–H and O–H groups in total. The highest BCUT2D eigenvalue weighted by Crippen LogP contribution is 2.12. The molecule has 3 amide bonds. The fraction of sp³-hybridized carbons (Fsp3) is 0.522. The van der Waals surface area contributed by atoms with Gasteiger partial charge in [0, 0.05) is 30.5 Å². The molecular weight excluding hydrogens is 464 g/mol. The number of hydroxylamine groups is 2. The Balaban J connectivity index is 1.32. The van der Waals surface area contributed by atoms with Crippen molar-refractivity contribution in [2.45, 2.75) is 19.3 Å². The molecule has 35 heavy (non-hydrogen) atoms. The lowest BCUT2D eigenvalue weighted by Crippen LogP contribution is -2.32. The fourth-order valence-corrected chi connectivity index (χ4v) is 2.77. The highest BCUT2D eigenvalue weighted by Gasteiger charge is 2.32. The highest BCUT2D eigenvalue weighted by molar-refractivity contribution is 6.01. The van der Waals surface area contributed by atoms with Gasteiger partial charge in [-0.05, 0) is 12.1 Å². The van der Waals surface area contributed by atoms with E-state index >= 15 is 0 Å². The van der Waals surface area contributed by atoms with Crippen molar-refractivity contribution in [3.63, 3.8) is 0 Å². The summed E-state index contributed by atoms with van der Waals surface area (Å²) in [7, 11) is 0. The van der Waals surface area contributed by atoms with Crippen LogP contribution in [0.15, 0.2) is 24.3 Å². The van der Waals surface area contributed by atoms with Gasteiger partial charge in [-0.3, -0.25) is 19.2 Å². The Kier molecular flexibility index (Phi) is 13.2. The zero-order valence-electron chi connectivity index (χ0n) is 19.4. The average Bonchev–Trinajstić information content (AvgIpc) is 3.18. The predicted octanol–water partition coefficient (Wildman–Crippen LogP) is 0.293. The zero-order chi connectivity index (χ0) is 25.3. The van der Waals surface area contributed by atoms with Gasteiger partial charge in [-0.15, -0.1) is 5.06 Å². The number of aldehydes is 1. The molecule has 1 fully saturated rings. The van der Waals surface area contributed by atoms with Crippen LogP contribution in [0.5, 0.6) is 0 Å². The number of ether oxygens (including phenoxy) is 4. The maximum absolute atomic E-state index is 11.9. The minimum Gasteiger partial charge on any atom is -0.378 e. The zero-order valence-corrected chi connectivity index (χ0v) is 19.4. The minimum atomic E-state index is -0.710. The number of imide groups is 1. The number of carbonyl (C=O) groups is 5. The summed E-state index contributed by atoms with van der Waals surface area (Å²) in [4.78, 5) is 61.5. The molecule has 12 heteroatoms. The van der Waals surface area contributed by atoms with E-state index in [1.807, 2.05) is 0 Å². The summed E-state index contributed by atoms with van der Waals surface area (Å²) < 4.78 is 21.3. The van der Waals surface area contributed by atoms with Crippen LogP contribution in [0.1, 0.15) is 40.0 Å². The molecular formula is C23H30N2O10. The molecule has 0 saturated carbocycles. The van der Waals surface area contributed by atoms with Gasteiger partial charge in [0.25, 0.3) is 17.7 Å². The lowest BCUT2D eigenvalue weighted by atomic mass is 10.1. The van der Waals surface area contributed by atoms with E-state index in [9.17, 15) is 24.0 Å². The van der Waals surface area contributed by atoms with E-state index in [1.54, 1.807) is 24.3 Å². The van der Waals surface area contributed by atoms with Gasteiger partial charge in [0.1, 0.15) is 6.29 Å². The van der Waals surface area contributed by atoms with Crippen LogP contribution in [0.2, 0.25) is 0 Å². The minimum absolute atomic E-state index is 0.0533. The second-order valence-electron chi connectivity index (χ2n) is 7.24. The van der Waals surface area contributed by atoms with Gasteiger partial charge in [-0.1, -0.05) is 12.1 Å². The molecule has 0 spiro atoms. The molecule has 0 atom stereocenters. The number of carbonyl (C=O) groups excluding carboxylic acids is 5. The van der Waals surface area contributed by atoms with Crippen LogP contribution < -0.4 is 5.32 Å². The van der Waals surface area contributed by atoms with Crippen molar-refractivity contribution in [1.29, 1.82) is 0 Å². The van der Waals surface area contributed by atoms with E-state index in [2.05, 4.69) is 5.32 Å². The number of amides is 3. The largest absolute Gasteiger partial charge is 0.378 e. The first-order valence-corrected chi connectivity index (χ1v) is 11.2. The van der Waals surface area contributed by atoms with Crippen molar-refractivity contribution < 1.29 is 47.8 Å². The Hall–Kier alpha value is -3.19. The van der Waals surface area contributed by atoms with Crippen LogP contribution in [-0.4, -0.2) is 94.4 Å².